The molecule has 0 aliphatic carbocycles. The average molecular weight is 449 g/mol. The lowest BCUT2D eigenvalue weighted by Crippen LogP contribution is -2.38. The number of nitrogens with one attached hydrogen (secondary N) is 1. The monoisotopic (exact) mass is 448 g/mol. The first-order chi connectivity index (χ1) is 15.9. The van der Waals surface area contributed by atoms with Gasteiger partial charge in [0.1, 0.15) is 6.10 Å². The van der Waals surface area contributed by atoms with Gasteiger partial charge in [-0.25, -0.2) is 4.79 Å². The maximum atomic E-state index is 13.0. The van der Waals surface area contributed by atoms with Crippen molar-refractivity contribution in [2.45, 2.75) is 45.3 Å². The van der Waals surface area contributed by atoms with E-state index in [1.807, 2.05) is 68.4 Å². The van der Waals surface area contributed by atoms with Crippen molar-refractivity contribution in [3.05, 3.63) is 78.0 Å². The minimum absolute atomic E-state index is 0.119. The highest BCUT2D eigenvalue weighted by molar-refractivity contribution is 5.93. The van der Waals surface area contributed by atoms with E-state index in [-0.39, 0.29) is 18.2 Å². The van der Waals surface area contributed by atoms with Crippen molar-refractivity contribution in [3.8, 4) is 0 Å². The molecule has 174 valence electrons. The molecule has 1 aromatic heterocycles. The Morgan fingerprint density at radius 1 is 1.03 bits per heavy atom. The molecule has 0 saturated heterocycles. The van der Waals surface area contributed by atoms with Crippen LogP contribution in [0.2, 0.25) is 0 Å². The van der Waals surface area contributed by atoms with Crippen molar-refractivity contribution in [1.29, 1.82) is 0 Å². The Labute approximate surface area is 195 Å². The van der Waals surface area contributed by atoms with Crippen LogP contribution in [-0.4, -0.2) is 41.2 Å². The molecule has 0 aliphatic rings. The molecule has 6 heteroatoms. The number of hydrogen-bond acceptors (Lipinski definition) is 5. The highest BCUT2D eigenvalue weighted by Crippen LogP contribution is 2.23. The molecule has 1 amide bonds. The standard InChI is InChI=1S/C27H32N2O4/c1-18(2)13-21(26(31)28-3)16-24(30)25(14-19-9-5-4-6-10-19)33-27(32)22-15-20-11-7-8-12-23(20)29-17-22/h4-12,15,17-18,21,24-25,30H,13-14,16H2,1-3H3,(H,28,31)/t21-,24-,25-/m0/s1. The average Bonchev–Trinajstić information content (AvgIpc) is 2.82. The summed E-state index contributed by atoms with van der Waals surface area (Å²) >= 11 is 0. The number of amides is 1. The number of rotatable bonds is 10. The molecule has 33 heavy (non-hydrogen) atoms. The summed E-state index contributed by atoms with van der Waals surface area (Å²) < 4.78 is 5.81. The van der Waals surface area contributed by atoms with Crippen LogP contribution in [0.4, 0.5) is 0 Å². The van der Waals surface area contributed by atoms with E-state index < -0.39 is 18.2 Å². The van der Waals surface area contributed by atoms with Gasteiger partial charge in [0.15, 0.2) is 0 Å². The van der Waals surface area contributed by atoms with Crippen LogP contribution in [-0.2, 0) is 16.0 Å². The highest BCUT2D eigenvalue weighted by atomic mass is 16.6. The smallest absolute Gasteiger partial charge is 0.340 e. The molecule has 0 aliphatic heterocycles. The highest BCUT2D eigenvalue weighted by Gasteiger charge is 2.30. The van der Waals surface area contributed by atoms with E-state index in [1.165, 1.54) is 6.20 Å². The summed E-state index contributed by atoms with van der Waals surface area (Å²) in [5.74, 6) is -0.748. The minimum Gasteiger partial charge on any atom is -0.456 e. The van der Waals surface area contributed by atoms with Gasteiger partial charge < -0.3 is 15.2 Å². The molecule has 6 nitrogen and oxygen atoms in total. The molecular formula is C27H32N2O4. The summed E-state index contributed by atoms with van der Waals surface area (Å²) in [6.07, 6.45) is 0.879. The molecule has 3 rings (SSSR count). The van der Waals surface area contributed by atoms with E-state index in [9.17, 15) is 14.7 Å². The van der Waals surface area contributed by atoms with Crippen LogP contribution in [0.1, 0.15) is 42.6 Å². The zero-order valence-corrected chi connectivity index (χ0v) is 19.4. The molecule has 1 heterocycles. The van der Waals surface area contributed by atoms with Gasteiger partial charge in [0.2, 0.25) is 5.91 Å². The predicted molar refractivity (Wildman–Crippen MR) is 129 cm³/mol. The van der Waals surface area contributed by atoms with E-state index in [0.29, 0.717) is 24.3 Å². The van der Waals surface area contributed by atoms with Crippen LogP contribution in [0.3, 0.4) is 0 Å². The van der Waals surface area contributed by atoms with Crippen molar-refractivity contribution in [1.82, 2.24) is 10.3 Å². The fourth-order valence-corrected chi connectivity index (χ4v) is 4.02. The maximum Gasteiger partial charge on any atom is 0.340 e. The summed E-state index contributed by atoms with van der Waals surface area (Å²) in [5, 5.41) is 14.6. The summed E-state index contributed by atoms with van der Waals surface area (Å²) in [7, 11) is 1.59. The number of hydrogen-bond donors (Lipinski definition) is 2. The predicted octanol–water partition coefficient (Wildman–Crippen LogP) is 4.16. The number of fused-ring (bicyclic) bond motifs is 1. The number of para-hydroxylation sites is 1. The Hall–Kier alpha value is -3.25. The number of nitrogens with zero attached hydrogens (tertiary/aromatic N) is 1. The molecule has 0 fully saturated rings. The van der Waals surface area contributed by atoms with Crippen molar-refractivity contribution < 1.29 is 19.4 Å². The number of aliphatic hydroxyl groups is 1. The lowest BCUT2D eigenvalue weighted by atomic mass is 9.88. The second kappa shape index (κ2) is 11.6. The number of ether oxygens (including phenoxy) is 1. The first kappa shape index (κ1) is 24.4. The molecule has 2 N–H and O–H groups in total. The van der Waals surface area contributed by atoms with Gasteiger partial charge in [-0.1, -0.05) is 62.4 Å². The van der Waals surface area contributed by atoms with Crippen LogP contribution in [0, 0.1) is 11.8 Å². The summed E-state index contributed by atoms with van der Waals surface area (Å²) in [5.41, 5.74) is 2.05. The number of pyridine rings is 1. The largest absolute Gasteiger partial charge is 0.456 e. The van der Waals surface area contributed by atoms with Crippen molar-refractivity contribution in [2.75, 3.05) is 7.05 Å². The van der Waals surface area contributed by atoms with E-state index in [0.717, 1.165) is 16.5 Å². The molecule has 0 spiro atoms. The SMILES string of the molecule is CNC(=O)[C@@H](CC(C)C)C[C@H](O)[C@H](Cc1ccccc1)OC(=O)c1cnc2ccccc2c1. The molecule has 0 radical (unpaired) electrons. The number of benzene rings is 2. The summed E-state index contributed by atoms with van der Waals surface area (Å²) in [6, 6.07) is 18.8. The number of carbonyl (C=O) groups excluding carboxylic acids is 2. The third-order valence-corrected chi connectivity index (χ3v) is 5.69. The second-order valence-corrected chi connectivity index (χ2v) is 8.79. The second-order valence-electron chi connectivity index (χ2n) is 8.79. The molecule has 0 saturated carbocycles. The van der Waals surface area contributed by atoms with E-state index in [4.69, 9.17) is 4.74 Å². The zero-order valence-electron chi connectivity index (χ0n) is 19.4. The quantitative estimate of drug-likeness (QED) is 0.455. The normalized spacial score (nSPS) is 14.0. The van der Waals surface area contributed by atoms with Crippen molar-refractivity contribution >= 4 is 22.8 Å². The third-order valence-electron chi connectivity index (χ3n) is 5.69. The van der Waals surface area contributed by atoms with Gasteiger partial charge in [-0.2, -0.15) is 0 Å². The summed E-state index contributed by atoms with van der Waals surface area (Å²) in [6.45, 7) is 4.08. The van der Waals surface area contributed by atoms with Gasteiger partial charge in [0, 0.05) is 31.0 Å². The van der Waals surface area contributed by atoms with Gasteiger partial charge in [-0.3, -0.25) is 9.78 Å². The van der Waals surface area contributed by atoms with Gasteiger partial charge in [0.25, 0.3) is 0 Å². The fourth-order valence-electron chi connectivity index (χ4n) is 4.02. The minimum atomic E-state index is -0.997. The molecule has 2 aromatic carbocycles. The Bertz CT molecular complexity index is 1070. The summed E-state index contributed by atoms with van der Waals surface area (Å²) in [4.78, 5) is 29.7. The Morgan fingerprint density at radius 2 is 1.73 bits per heavy atom. The Morgan fingerprint density at radius 3 is 2.42 bits per heavy atom. The van der Waals surface area contributed by atoms with Crippen LogP contribution in [0.15, 0.2) is 66.9 Å². The molecule has 3 aromatic rings. The van der Waals surface area contributed by atoms with E-state index in [1.54, 1.807) is 13.1 Å². The van der Waals surface area contributed by atoms with Gasteiger partial charge in [0.05, 0.1) is 17.2 Å². The number of esters is 1. The number of aliphatic hydroxyl groups excluding tert-OH is 1. The van der Waals surface area contributed by atoms with Crippen LogP contribution in [0.25, 0.3) is 10.9 Å². The third kappa shape index (κ3) is 6.86. The van der Waals surface area contributed by atoms with Crippen molar-refractivity contribution in [2.24, 2.45) is 11.8 Å². The van der Waals surface area contributed by atoms with Crippen molar-refractivity contribution in [3.63, 3.8) is 0 Å². The first-order valence-electron chi connectivity index (χ1n) is 11.4. The lowest BCUT2D eigenvalue weighted by Gasteiger charge is -2.27. The Balaban J connectivity index is 1.81. The fraction of sp³-hybridized carbons (Fsp3) is 0.370. The van der Waals surface area contributed by atoms with Crippen LogP contribution in [0.5, 0.6) is 0 Å². The van der Waals surface area contributed by atoms with E-state index in [2.05, 4.69) is 10.3 Å². The topological polar surface area (TPSA) is 88.5 Å². The van der Waals surface area contributed by atoms with E-state index >= 15 is 0 Å². The molecule has 0 unspecified atom stereocenters. The lowest BCUT2D eigenvalue weighted by molar-refractivity contribution is -0.126. The van der Waals surface area contributed by atoms with Gasteiger partial charge in [-0.05, 0) is 36.5 Å². The zero-order chi connectivity index (χ0) is 23.8. The first-order valence-corrected chi connectivity index (χ1v) is 11.4. The Kier molecular flexibility index (Phi) is 8.55. The number of carbonyl (C=O) groups is 2. The van der Waals surface area contributed by atoms with Crippen LogP contribution >= 0.6 is 0 Å². The van der Waals surface area contributed by atoms with Gasteiger partial charge in [-0.15, -0.1) is 0 Å². The number of aromatic nitrogens is 1. The molecule has 0 bridgehead atoms. The molecule has 3 atom stereocenters. The molecular weight excluding hydrogens is 416 g/mol. The van der Waals surface area contributed by atoms with Crippen LogP contribution < -0.4 is 5.32 Å². The maximum absolute atomic E-state index is 13.0. The van der Waals surface area contributed by atoms with Gasteiger partial charge >= 0.3 is 5.97 Å².